The monoisotopic (exact) mass is 306 g/mol. The Kier molecular flexibility index (Phi) is 6.61. The van der Waals surface area contributed by atoms with E-state index in [-0.39, 0.29) is 5.91 Å². The Morgan fingerprint density at radius 3 is 2.91 bits per heavy atom. The van der Waals surface area contributed by atoms with Crippen molar-refractivity contribution in [2.24, 2.45) is 0 Å². The van der Waals surface area contributed by atoms with Gasteiger partial charge in [0.05, 0.1) is 13.2 Å². The van der Waals surface area contributed by atoms with Crippen LogP contribution in [0.3, 0.4) is 0 Å². The fourth-order valence-corrected chi connectivity index (χ4v) is 2.38. The maximum Gasteiger partial charge on any atom is 0.251 e. The molecule has 0 aromatic carbocycles. The topological polar surface area (TPSA) is 66.5 Å². The molecule has 2 rings (SSSR count). The molecule has 122 valence electrons. The number of amides is 1. The van der Waals surface area contributed by atoms with Gasteiger partial charge in [0, 0.05) is 37.4 Å². The summed E-state index contributed by atoms with van der Waals surface area (Å²) in [6, 6.07) is 3.82. The number of carbonyl (C=O) groups is 1. The number of nitrogens with zero attached hydrogens (tertiary/aromatic N) is 2. The molecule has 22 heavy (non-hydrogen) atoms. The minimum Gasteiger partial charge on any atom is -0.379 e. The zero-order valence-corrected chi connectivity index (χ0v) is 13.5. The Labute approximate surface area is 132 Å². The third-order valence-corrected chi connectivity index (χ3v) is 3.50. The number of pyridine rings is 1. The summed E-state index contributed by atoms with van der Waals surface area (Å²) in [6.07, 6.45) is 2.61. The number of carbonyl (C=O) groups excluding carboxylic acids is 1. The second-order valence-corrected chi connectivity index (χ2v) is 5.79. The molecule has 0 bridgehead atoms. The molecule has 1 fully saturated rings. The van der Waals surface area contributed by atoms with Crippen LogP contribution in [0.2, 0.25) is 0 Å². The van der Waals surface area contributed by atoms with Crippen LogP contribution in [0.4, 0.5) is 5.82 Å². The molecular formula is C16H26N4O2. The molecule has 0 radical (unpaired) electrons. The summed E-state index contributed by atoms with van der Waals surface area (Å²) in [5.41, 5.74) is 0.643. The third-order valence-electron chi connectivity index (χ3n) is 3.50. The first-order chi connectivity index (χ1) is 10.6. The average Bonchev–Trinajstić information content (AvgIpc) is 2.52. The van der Waals surface area contributed by atoms with Crippen LogP contribution in [-0.2, 0) is 4.74 Å². The van der Waals surface area contributed by atoms with Crippen molar-refractivity contribution >= 4 is 11.7 Å². The Morgan fingerprint density at radius 2 is 2.18 bits per heavy atom. The second kappa shape index (κ2) is 8.70. The van der Waals surface area contributed by atoms with Gasteiger partial charge in [0.1, 0.15) is 5.82 Å². The van der Waals surface area contributed by atoms with E-state index >= 15 is 0 Å². The first-order valence-corrected chi connectivity index (χ1v) is 7.96. The van der Waals surface area contributed by atoms with Crippen molar-refractivity contribution in [3.05, 3.63) is 23.9 Å². The van der Waals surface area contributed by atoms with Crippen molar-refractivity contribution in [1.82, 2.24) is 15.2 Å². The Bertz CT molecular complexity index is 473. The standard InChI is InChI=1S/C16H26N4O2/c1-13(2)19-15-12-14(4-6-17-15)16(21)18-5-3-7-20-8-10-22-11-9-20/h4,6,12-13H,3,5,7-11H2,1-2H3,(H,17,19)(H,18,21). The maximum absolute atomic E-state index is 12.1. The van der Waals surface area contributed by atoms with Crippen LogP contribution in [0, 0.1) is 0 Å². The SMILES string of the molecule is CC(C)Nc1cc(C(=O)NCCCN2CCOCC2)ccn1. The van der Waals surface area contributed by atoms with Crippen molar-refractivity contribution < 1.29 is 9.53 Å². The highest BCUT2D eigenvalue weighted by Crippen LogP contribution is 2.08. The van der Waals surface area contributed by atoms with E-state index in [9.17, 15) is 4.79 Å². The Balaban J connectivity index is 1.72. The third kappa shape index (κ3) is 5.61. The first kappa shape index (κ1) is 16.7. The van der Waals surface area contributed by atoms with E-state index in [1.165, 1.54) is 0 Å². The molecular weight excluding hydrogens is 280 g/mol. The highest BCUT2D eigenvalue weighted by molar-refractivity contribution is 5.94. The number of anilines is 1. The summed E-state index contributed by atoms with van der Waals surface area (Å²) in [5.74, 6) is 0.687. The maximum atomic E-state index is 12.1. The number of rotatable bonds is 7. The van der Waals surface area contributed by atoms with Crippen LogP contribution in [0.25, 0.3) is 0 Å². The fourth-order valence-electron chi connectivity index (χ4n) is 2.38. The number of hydrogen-bond donors (Lipinski definition) is 2. The minimum atomic E-state index is -0.0452. The van der Waals surface area contributed by atoms with Crippen LogP contribution in [0.1, 0.15) is 30.6 Å². The van der Waals surface area contributed by atoms with E-state index in [4.69, 9.17) is 4.74 Å². The van der Waals surface area contributed by atoms with E-state index < -0.39 is 0 Å². The van der Waals surface area contributed by atoms with Gasteiger partial charge < -0.3 is 15.4 Å². The summed E-state index contributed by atoms with van der Waals surface area (Å²) >= 11 is 0. The number of morpholine rings is 1. The largest absolute Gasteiger partial charge is 0.379 e. The van der Waals surface area contributed by atoms with Crippen molar-refractivity contribution in [2.75, 3.05) is 44.7 Å². The van der Waals surface area contributed by atoms with Gasteiger partial charge in [-0.2, -0.15) is 0 Å². The van der Waals surface area contributed by atoms with E-state index in [1.54, 1.807) is 18.3 Å². The Morgan fingerprint density at radius 1 is 1.41 bits per heavy atom. The molecule has 1 aromatic heterocycles. The number of hydrogen-bond acceptors (Lipinski definition) is 5. The van der Waals surface area contributed by atoms with E-state index in [2.05, 4.69) is 20.5 Å². The van der Waals surface area contributed by atoms with Gasteiger partial charge in [-0.05, 0) is 38.9 Å². The molecule has 1 aliphatic heterocycles. The zero-order chi connectivity index (χ0) is 15.8. The van der Waals surface area contributed by atoms with Crippen LogP contribution >= 0.6 is 0 Å². The van der Waals surface area contributed by atoms with Gasteiger partial charge in [0.15, 0.2) is 0 Å². The van der Waals surface area contributed by atoms with Gasteiger partial charge in [-0.25, -0.2) is 4.98 Å². The lowest BCUT2D eigenvalue weighted by Gasteiger charge is -2.26. The lowest BCUT2D eigenvalue weighted by molar-refractivity contribution is 0.0374. The smallest absolute Gasteiger partial charge is 0.251 e. The van der Waals surface area contributed by atoms with Crippen molar-refractivity contribution in [3.63, 3.8) is 0 Å². The van der Waals surface area contributed by atoms with Gasteiger partial charge in [-0.3, -0.25) is 9.69 Å². The van der Waals surface area contributed by atoms with Crippen molar-refractivity contribution in [1.29, 1.82) is 0 Å². The predicted molar refractivity (Wildman–Crippen MR) is 87.2 cm³/mol. The van der Waals surface area contributed by atoms with Crippen LogP contribution < -0.4 is 10.6 Å². The summed E-state index contributed by atoms with van der Waals surface area (Å²) in [5, 5.41) is 6.17. The van der Waals surface area contributed by atoms with Crippen LogP contribution in [0.15, 0.2) is 18.3 Å². The zero-order valence-electron chi connectivity index (χ0n) is 13.5. The molecule has 2 heterocycles. The normalized spacial score (nSPS) is 15.8. The van der Waals surface area contributed by atoms with Gasteiger partial charge in [-0.1, -0.05) is 0 Å². The molecule has 2 N–H and O–H groups in total. The lowest BCUT2D eigenvalue weighted by atomic mass is 10.2. The molecule has 1 aliphatic rings. The van der Waals surface area contributed by atoms with Gasteiger partial charge in [0.2, 0.25) is 0 Å². The van der Waals surface area contributed by atoms with Gasteiger partial charge in [0.25, 0.3) is 5.91 Å². The molecule has 0 unspecified atom stereocenters. The molecule has 0 spiro atoms. The van der Waals surface area contributed by atoms with E-state index in [1.807, 2.05) is 13.8 Å². The first-order valence-electron chi connectivity index (χ1n) is 7.96. The molecule has 6 heteroatoms. The van der Waals surface area contributed by atoms with E-state index in [0.29, 0.717) is 18.2 Å². The summed E-state index contributed by atoms with van der Waals surface area (Å²) < 4.78 is 5.32. The van der Waals surface area contributed by atoms with Crippen LogP contribution in [-0.4, -0.2) is 61.2 Å². The fraction of sp³-hybridized carbons (Fsp3) is 0.625. The summed E-state index contributed by atoms with van der Waals surface area (Å²) in [7, 11) is 0. The van der Waals surface area contributed by atoms with Gasteiger partial charge in [-0.15, -0.1) is 0 Å². The molecule has 0 atom stereocenters. The summed E-state index contributed by atoms with van der Waals surface area (Å²) in [4.78, 5) is 18.7. The number of nitrogens with one attached hydrogen (secondary N) is 2. The molecule has 1 saturated heterocycles. The summed E-state index contributed by atoms with van der Waals surface area (Å²) in [6.45, 7) is 9.38. The molecule has 0 saturated carbocycles. The highest BCUT2D eigenvalue weighted by atomic mass is 16.5. The number of ether oxygens (including phenoxy) is 1. The molecule has 1 amide bonds. The molecule has 6 nitrogen and oxygen atoms in total. The highest BCUT2D eigenvalue weighted by Gasteiger charge is 2.10. The van der Waals surface area contributed by atoms with Crippen molar-refractivity contribution in [2.45, 2.75) is 26.3 Å². The predicted octanol–water partition coefficient (Wildman–Crippen LogP) is 1.35. The molecule has 0 aliphatic carbocycles. The number of aromatic nitrogens is 1. The quantitative estimate of drug-likeness (QED) is 0.745. The minimum absolute atomic E-state index is 0.0452. The average molecular weight is 306 g/mol. The lowest BCUT2D eigenvalue weighted by Crippen LogP contribution is -2.38. The van der Waals surface area contributed by atoms with Crippen LogP contribution in [0.5, 0.6) is 0 Å². The molecule has 1 aromatic rings. The second-order valence-electron chi connectivity index (χ2n) is 5.79. The van der Waals surface area contributed by atoms with Crippen molar-refractivity contribution in [3.8, 4) is 0 Å². The van der Waals surface area contributed by atoms with E-state index in [0.717, 1.165) is 45.1 Å². The Hall–Kier alpha value is -1.66. The van der Waals surface area contributed by atoms with Gasteiger partial charge >= 0.3 is 0 Å².